The fraction of sp³-hybridized carbons (Fsp3) is 0.250. The van der Waals surface area contributed by atoms with Crippen LogP contribution in [-0.4, -0.2) is 24.0 Å². The van der Waals surface area contributed by atoms with Gasteiger partial charge in [0.2, 0.25) is 0 Å². The summed E-state index contributed by atoms with van der Waals surface area (Å²) in [6.07, 6.45) is 1.70. The lowest BCUT2D eigenvalue weighted by Crippen LogP contribution is -2.16. The number of alkyl halides is 1. The smallest absolute Gasteiger partial charge is 0.181 e. The normalized spacial score (nSPS) is 14.6. The van der Waals surface area contributed by atoms with Gasteiger partial charge in [0, 0.05) is 17.5 Å². The van der Waals surface area contributed by atoms with Crippen LogP contribution in [0, 0.1) is 6.92 Å². The molecular formula is C16H14BrNO3. The summed E-state index contributed by atoms with van der Waals surface area (Å²) in [6, 6.07) is 9.01. The van der Waals surface area contributed by atoms with Gasteiger partial charge in [-0.15, -0.1) is 0 Å². The molecule has 0 fully saturated rings. The van der Waals surface area contributed by atoms with E-state index in [9.17, 15) is 4.79 Å². The molecule has 0 bridgehead atoms. The van der Waals surface area contributed by atoms with E-state index in [2.05, 4.69) is 20.9 Å². The van der Waals surface area contributed by atoms with Crippen LogP contribution in [0.1, 0.15) is 26.4 Å². The van der Waals surface area contributed by atoms with Gasteiger partial charge < -0.3 is 9.47 Å². The first-order chi connectivity index (χ1) is 10.1. The quantitative estimate of drug-likeness (QED) is 0.629. The Kier molecular flexibility index (Phi) is 3.92. The number of rotatable bonds is 3. The zero-order valence-corrected chi connectivity index (χ0v) is 13.1. The van der Waals surface area contributed by atoms with Crippen LogP contribution < -0.4 is 9.47 Å². The number of ketones is 1. The molecule has 0 saturated heterocycles. The van der Waals surface area contributed by atoms with E-state index >= 15 is 0 Å². The van der Waals surface area contributed by atoms with Crippen LogP contribution in [0.4, 0.5) is 0 Å². The molecule has 1 aromatic heterocycles. The van der Waals surface area contributed by atoms with Crippen LogP contribution in [0.15, 0.2) is 36.5 Å². The van der Waals surface area contributed by atoms with E-state index in [1.165, 1.54) is 0 Å². The second kappa shape index (κ2) is 5.85. The maximum atomic E-state index is 12.6. The van der Waals surface area contributed by atoms with Crippen LogP contribution in [0.3, 0.4) is 0 Å². The average molecular weight is 348 g/mol. The molecule has 0 saturated carbocycles. The molecule has 1 unspecified atom stereocenters. The van der Waals surface area contributed by atoms with Gasteiger partial charge in [0.25, 0.3) is 0 Å². The summed E-state index contributed by atoms with van der Waals surface area (Å²) in [6.45, 7) is 2.95. The first-order valence-electron chi connectivity index (χ1n) is 6.65. The predicted molar refractivity (Wildman–Crippen MR) is 82.4 cm³/mol. The number of pyridine rings is 1. The van der Waals surface area contributed by atoms with Crippen LogP contribution >= 0.6 is 15.9 Å². The van der Waals surface area contributed by atoms with E-state index in [0.717, 1.165) is 11.3 Å². The topological polar surface area (TPSA) is 48.4 Å². The van der Waals surface area contributed by atoms with Gasteiger partial charge in [0.1, 0.15) is 18.0 Å². The summed E-state index contributed by atoms with van der Waals surface area (Å²) < 4.78 is 11.0. The summed E-state index contributed by atoms with van der Waals surface area (Å²) in [5.74, 6) is 1.29. The molecule has 2 heterocycles. The number of nitrogens with zero attached hydrogens (tertiary/aromatic N) is 1. The number of benzene rings is 1. The van der Waals surface area contributed by atoms with Crippen LogP contribution in [0.2, 0.25) is 0 Å². The number of ether oxygens (including phenoxy) is 2. The highest BCUT2D eigenvalue weighted by atomic mass is 79.9. The second-order valence-electron chi connectivity index (χ2n) is 4.82. The fourth-order valence-corrected chi connectivity index (χ4v) is 2.77. The van der Waals surface area contributed by atoms with Crippen molar-refractivity contribution in [3.05, 3.63) is 53.3 Å². The average Bonchev–Trinajstić information content (AvgIpc) is 2.53. The van der Waals surface area contributed by atoms with Crippen molar-refractivity contribution in [2.75, 3.05) is 13.2 Å². The SMILES string of the molecule is Cc1cc(C(Br)C(=O)c2ccc3c(c2)OCCO3)ccn1. The van der Waals surface area contributed by atoms with E-state index in [1.54, 1.807) is 24.4 Å². The van der Waals surface area contributed by atoms with Gasteiger partial charge in [0.05, 0.1) is 0 Å². The molecule has 1 atom stereocenters. The molecule has 108 valence electrons. The number of hydrogen-bond acceptors (Lipinski definition) is 4. The lowest BCUT2D eigenvalue weighted by Gasteiger charge is -2.19. The molecule has 1 aliphatic rings. The van der Waals surface area contributed by atoms with Crippen molar-refractivity contribution in [1.29, 1.82) is 0 Å². The number of hydrogen-bond donors (Lipinski definition) is 0. The standard InChI is InChI=1S/C16H14BrNO3/c1-10-8-11(4-5-18-10)15(17)16(19)12-2-3-13-14(9-12)21-7-6-20-13/h2-5,8-9,15H,6-7H2,1H3. The molecule has 5 heteroatoms. The Morgan fingerprint density at radius 2 is 1.95 bits per heavy atom. The van der Waals surface area contributed by atoms with Crippen molar-refractivity contribution in [1.82, 2.24) is 4.98 Å². The molecule has 0 spiro atoms. The van der Waals surface area contributed by atoms with E-state index in [-0.39, 0.29) is 5.78 Å². The molecule has 2 aromatic rings. The van der Waals surface area contributed by atoms with Crippen molar-refractivity contribution in [2.24, 2.45) is 0 Å². The molecular weight excluding hydrogens is 334 g/mol. The highest BCUT2D eigenvalue weighted by Gasteiger charge is 2.21. The molecule has 21 heavy (non-hydrogen) atoms. The predicted octanol–water partition coefficient (Wildman–Crippen LogP) is 3.48. The summed E-state index contributed by atoms with van der Waals surface area (Å²) >= 11 is 3.47. The van der Waals surface area contributed by atoms with Gasteiger partial charge in [0.15, 0.2) is 17.3 Å². The summed E-state index contributed by atoms with van der Waals surface area (Å²) in [5.41, 5.74) is 2.37. The van der Waals surface area contributed by atoms with Crippen LogP contribution in [-0.2, 0) is 0 Å². The first-order valence-corrected chi connectivity index (χ1v) is 7.57. The Hall–Kier alpha value is -1.88. The molecule has 0 N–H and O–H groups in total. The van der Waals surface area contributed by atoms with Crippen molar-refractivity contribution < 1.29 is 14.3 Å². The van der Waals surface area contributed by atoms with E-state index in [0.29, 0.717) is 30.3 Å². The number of aromatic nitrogens is 1. The van der Waals surface area contributed by atoms with Gasteiger partial charge in [-0.2, -0.15) is 0 Å². The van der Waals surface area contributed by atoms with Crippen molar-refractivity contribution in [3.63, 3.8) is 0 Å². The second-order valence-corrected chi connectivity index (χ2v) is 5.73. The summed E-state index contributed by atoms with van der Waals surface area (Å²) in [4.78, 5) is 16.3. The van der Waals surface area contributed by atoms with Gasteiger partial charge in [-0.05, 0) is 42.8 Å². The van der Waals surface area contributed by atoms with Crippen molar-refractivity contribution in [2.45, 2.75) is 11.8 Å². The van der Waals surface area contributed by atoms with Gasteiger partial charge in [-0.3, -0.25) is 9.78 Å². The van der Waals surface area contributed by atoms with Crippen molar-refractivity contribution >= 4 is 21.7 Å². The summed E-state index contributed by atoms with van der Waals surface area (Å²) in [7, 11) is 0. The highest BCUT2D eigenvalue weighted by molar-refractivity contribution is 9.09. The zero-order chi connectivity index (χ0) is 14.8. The molecule has 3 rings (SSSR count). The molecule has 0 amide bonds. The lowest BCUT2D eigenvalue weighted by atomic mass is 10.0. The monoisotopic (exact) mass is 347 g/mol. The number of aryl methyl sites for hydroxylation is 1. The number of carbonyl (C=O) groups excluding carboxylic acids is 1. The Morgan fingerprint density at radius 1 is 1.19 bits per heavy atom. The van der Waals surface area contributed by atoms with E-state index in [1.807, 2.05) is 19.1 Å². The minimum absolute atomic E-state index is 0.0161. The van der Waals surface area contributed by atoms with E-state index in [4.69, 9.17) is 9.47 Å². The highest BCUT2D eigenvalue weighted by Crippen LogP contribution is 2.34. The van der Waals surface area contributed by atoms with Crippen LogP contribution in [0.5, 0.6) is 11.5 Å². The molecule has 1 aromatic carbocycles. The van der Waals surface area contributed by atoms with Crippen LogP contribution in [0.25, 0.3) is 0 Å². The van der Waals surface area contributed by atoms with Crippen molar-refractivity contribution in [3.8, 4) is 11.5 Å². The first kappa shape index (κ1) is 14.1. The van der Waals surface area contributed by atoms with Gasteiger partial charge in [-0.25, -0.2) is 0 Å². The van der Waals surface area contributed by atoms with Gasteiger partial charge >= 0.3 is 0 Å². The Bertz CT molecular complexity index is 687. The fourth-order valence-electron chi connectivity index (χ4n) is 2.22. The maximum absolute atomic E-state index is 12.6. The van der Waals surface area contributed by atoms with E-state index < -0.39 is 4.83 Å². The maximum Gasteiger partial charge on any atom is 0.181 e. The number of Topliss-reactive ketones (excluding diaryl/α,β-unsaturated/α-hetero) is 1. The summed E-state index contributed by atoms with van der Waals surface area (Å²) in [5, 5.41) is 0. The largest absolute Gasteiger partial charge is 0.486 e. The minimum Gasteiger partial charge on any atom is -0.486 e. The third kappa shape index (κ3) is 2.93. The third-order valence-electron chi connectivity index (χ3n) is 3.27. The Morgan fingerprint density at radius 3 is 2.71 bits per heavy atom. The number of halogens is 1. The number of fused-ring (bicyclic) bond motifs is 1. The Labute approximate surface area is 131 Å². The molecule has 0 aliphatic carbocycles. The zero-order valence-electron chi connectivity index (χ0n) is 11.5. The minimum atomic E-state index is -0.401. The van der Waals surface area contributed by atoms with Gasteiger partial charge in [-0.1, -0.05) is 15.9 Å². The molecule has 0 radical (unpaired) electrons. The number of carbonyl (C=O) groups is 1. The third-order valence-corrected chi connectivity index (χ3v) is 4.21. The molecule has 4 nitrogen and oxygen atoms in total. The molecule has 1 aliphatic heterocycles. The Balaban J connectivity index is 1.88. The lowest BCUT2D eigenvalue weighted by molar-refractivity contribution is 0.0990.